The third kappa shape index (κ3) is 7.54. The Morgan fingerprint density at radius 3 is 2.20 bits per heavy atom. The van der Waals surface area contributed by atoms with Gasteiger partial charge in [0.05, 0.1) is 6.10 Å². The van der Waals surface area contributed by atoms with Crippen molar-refractivity contribution in [2.45, 2.75) is 71.8 Å². The van der Waals surface area contributed by atoms with Gasteiger partial charge in [-0.25, -0.2) is 0 Å². The quantitative estimate of drug-likeness (QED) is 0.601. The first kappa shape index (κ1) is 17.0. The van der Waals surface area contributed by atoms with Crippen molar-refractivity contribution in [3.05, 3.63) is 29.3 Å². The van der Waals surface area contributed by atoms with E-state index < -0.39 is 0 Å². The maximum atomic E-state index is 9.99. The van der Waals surface area contributed by atoms with Crippen molar-refractivity contribution >= 4 is 5.69 Å². The van der Waals surface area contributed by atoms with Gasteiger partial charge < -0.3 is 10.4 Å². The number of aryl methyl sites for hydroxylation is 2. The third-order valence-corrected chi connectivity index (χ3v) is 3.65. The van der Waals surface area contributed by atoms with Gasteiger partial charge in [-0.1, -0.05) is 51.5 Å². The SMILES string of the molecule is CCCCCCCCC(O)CNc1cc(C)cc(C)c1. The Morgan fingerprint density at radius 1 is 0.950 bits per heavy atom. The summed E-state index contributed by atoms with van der Waals surface area (Å²) in [5.41, 5.74) is 3.64. The molecule has 1 atom stereocenters. The average Bonchev–Trinajstić information content (AvgIpc) is 2.39. The molecule has 2 nitrogen and oxygen atoms in total. The van der Waals surface area contributed by atoms with Crippen LogP contribution in [-0.2, 0) is 0 Å². The summed E-state index contributed by atoms with van der Waals surface area (Å²) in [6.07, 6.45) is 8.35. The van der Waals surface area contributed by atoms with Gasteiger partial charge in [0.2, 0.25) is 0 Å². The van der Waals surface area contributed by atoms with Crippen LogP contribution in [0.3, 0.4) is 0 Å². The molecule has 1 unspecified atom stereocenters. The number of hydrogen-bond donors (Lipinski definition) is 2. The lowest BCUT2D eigenvalue weighted by molar-refractivity contribution is 0.173. The second-order valence-electron chi connectivity index (χ2n) is 5.97. The Kier molecular flexibility index (Phi) is 8.36. The Balaban J connectivity index is 2.14. The van der Waals surface area contributed by atoms with Gasteiger partial charge in [-0.15, -0.1) is 0 Å². The number of aliphatic hydroxyl groups excluding tert-OH is 1. The minimum absolute atomic E-state index is 0.234. The Hall–Kier alpha value is -1.02. The van der Waals surface area contributed by atoms with Gasteiger partial charge in [-0.05, 0) is 43.5 Å². The van der Waals surface area contributed by atoms with Crippen molar-refractivity contribution in [2.75, 3.05) is 11.9 Å². The minimum atomic E-state index is -0.234. The lowest BCUT2D eigenvalue weighted by Crippen LogP contribution is -2.19. The number of nitrogens with one attached hydrogen (secondary N) is 1. The smallest absolute Gasteiger partial charge is 0.0712 e. The molecule has 114 valence electrons. The number of benzene rings is 1. The van der Waals surface area contributed by atoms with Crippen molar-refractivity contribution in [3.63, 3.8) is 0 Å². The molecule has 1 aromatic carbocycles. The van der Waals surface area contributed by atoms with E-state index in [1.165, 1.54) is 43.2 Å². The van der Waals surface area contributed by atoms with Crippen molar-refractivity contribution in [1.29, 1.82) is 0 Å². The molecule has 0 amide bonds. The molecule has 2 heteroatoms. The van der Waals surface area contributed by atoms with E-state index >= 15 is 0 Å². The maximum absolute atomic E-state index is 9.99. The molecule has 0 aliphatic carbocycles. The first-order chi connectivity index (χ1) is 9.61. The monoisotopic (exact) mass is 277 g/mol. The highest BCUT2D eigenvalue weighted by atomic mass is 16.3. The predicted molar refractivity (Wildman–Crippen MR) is 88.4 cm³/mol. The summed E-state index contributed by atoms with van der Waals surface area (Å²) in [5.74, 6) is 0. The second-order valence-corrected chi connectivity index (χ2v) is 5.97. The summed E-state index contributed by atoms with van der Waals surface area (Å²) >= 11 is 0. The molecule has 0 saturated heterocycles. The summed E-state index contributed by atoms with van der Waals surface area (Å²) in [6, 6.07) is 6.42. The standard InChI is InChI=1S/C18H31NO/c1-4-5-6-7-8-9-10-18(20)14-19-17-12-15(2)11-16(3)13-17/h11-13,18-20H,4-10,14H2,1-3H3. The number of anilines is 1. The lowest BCUT2D eigenvalue weighted by atomic mass is 10.1. The normalized spacial score (nSPS) is 12.4. The van der Waals surface area contributed by atoms with Crippen LogP contribution in [0.5, 0.6) is 0 Å². The van der Waals surface area contributed by atoms with Gasteiger partial charge in [0.15, 0.2) is 0 Å². The number of rotatable bonds is 10. The molecule has 0 fully saturated rings. The summed E-state index contributed by atoms with van der Waals surface area (Å²) < 4.78 is 0. The van der Waals surface area contributed by atoms with Gasteiger partial charge in [0.25, 0.3) is 0 Å². The van der Waals surface area contributed by atoms with Gasteiger partial charge in [-0.2, -0.15) is 0 Å². The molecule has 0 saturated carbocycles. The molecule has 0 heterocycles. The molecular formula is C18H31NO. The number of aliphatic hydroxyl groups is 1. The second kappa shape index (κ2) is 9.82. The van der Waals surface area contributed by atoms with Gasteiger partial charge in [0, 0.05) is 12.2 Å². The minimum Gasteiger partial charge on any atom is -0.391 e. The summed E-state index contributed by atoms with van der Waals surface area (Å²) in [4.78, 5) is 0. The molecule has 0 spiro atoms. The van der Waals surface area contributed by atoms with Crippen molar-refractivity contribution in [3.8, 4) is 0 Å². The maximum Gasteiger partial charge on any atom is 0.0712 e. The Bertz CT molecular complexity index is 355. The van der Waals surface area contributed by atoms with Gasteiger partial charge >= 0.3 is 0 Å². The van der Waals surface area contributed by atoms with Gasteiger partial charge in [0.1, 0.15) is 0 Å². The van der Waals surface area contributed by atoms with Crippen molar-refractivity contribution in [1.82, 2.24) is 0 Å². The molecule has 2 N–H and O–H groups in total. The van der Waals surface area contributed by atoms with E-state index in [1.807, 2.05) is 0 Å². The third-order valence-electron chi connectivity index (χ3n) is 3.65. The van der Waals surface area contributed by atoms with Crippen LogP contribution in [0.25, 0.3) is 0 Å². The number of unbranched alkanes of at least 4 members (excludes halogenated alkanes) is 5. The molecule has 0 bridgehead atoms. The van der Waals surface area contributed by atoms with Crippen LogP contribution in [0, 0.1) is 13.8 Å². The molecule has 0 aliphatic heterocycles. The molecule has 20 heavy (non-hydrogen) atoms. The van der Waals surface area contributed by atoms with Crippen LogP contribution >= 0.6 is 0 Å². The van der Waals surface area contributed by atoms with E-state index in [0.717, 1.165) is 18.5 Å². The number of hydrogen-bond acceptors (Lipinski definition) is 2. The van der Waals surface area contributed by atoms with E-state index in [1.54, 1.807) is 0 Å². The molecule has 0 radical (unpaired) electrons. The highest BCUT2D eigenvalue weighted by molar-refractivity contribution is 5.48. The fraction of sp³-hybridized carbons (Fsp3) is 0.667. The van der Waals surface area contributed by atoms with E-state index in [0.29, 0.717) is 6.54 Å². The predicted octanol–water partition coefficient (Wildman–Crippen LogP) is 4.83. The summed E-state index contributed by atoms with van der Waals surface area (Å²) in [7, 11) is 0. The first-order valence-electron chi connectivity index (χ1n) is 8.12. The fourth-order valence-electron chi connectivity index (χ4n) is 2.57. The topological polar surface area (TPSA) is 32.3 Å². The molecule has 1 rings (SSSR count). The van der Waals surface area contributed by atoms with E-state index in [9.17, 15) is 5.11 Å². The van der Waals surface area contributed by atoms with E-state index in [4.69, 9.17) is 0 Å². The van der Waals surface area contributed by atoms with Crippen LogP contribution in [-0.4, -0.2) is 17.8 Å². The Labute approximate surface area is 124 Å². The summed E-state index contributed by atoms with van der Waals surface area (Å²) in [5, 5.41) is 13.3. The van der Waals surface area contributed by atoms with Crippen molar-refractivity contribution < 1.29 is 5.11 Å². The first-order valence-corrected chi connectivity index (χ1v) is 8.12. The molecular weight excluding hydrogens is 246 g/mol. The van der Waals surface area contributed by atoms with Crippen LogP contribution < -0.4 is 5.32 Å². The zero-order valence-corrected chi connectivity index (χ0v) is 13.4. The lowest BCUT2D eigenvalue weighted by Gasteiger charge is -2.13. The van der Waals surface area contributed by atoms with E-state index in [2.05, 4.69) is 44.3 Å². The van der Waals surface area contributed by atoms with Crippen LogP contribution in [0.4, 0.5) is 5.69 Å². The van der Waals surface area contributed by atoms with Crippen molar-refractivity contribution in [2.24, 2.45) is 0 Å². The molecule has 1 aromatic rings. The van der Waals surface area contributed by atoms with E-state index in [-0.39, 0.29) is 6.10 Å². The zero-order valence-electron chi connectivity index (χ0n) is 13.4. The highest BCUT2D eigenvalue weighted by Gasteiger charge is 2.04. The van der Waals surface area contributed by atoms with Crippen LogP contribution in [0.15, 0.2) is 18.2 Å². The Morgan fingerprint density at radius 2 is 1.55 bits per heavy atom. The largest absolute Gasteiger partial charge is 0.391 e. The van der Waals surface area contributed by atoms with Crippen LogP contribution in [0.2, 0.25) is 0 Å². The average molecular weight is 277 g/mol. The zero-order chi connectivity index (χ0) is 14.8. The molecule has 0 aromatic heterocycles. The summed E-state index contributed by atoms with van der Waals surface area (Å²) in [6.45, 7) is 7.09. The fourth-order valence-corrected chi connectivity index (χ4v) is 2.57. The van der Waals surface area contributed by atoms with Gasteiger partial charge in [-0.3, -0.25) is 0 Å². The van der Waals surface area contributed by atoms with Crippen LogP contribution in [0.1, 0.15) is 63.0 Å². The molecule has 0 aliphatic rings. The highest BCUT2D eigenvalue weighted by Crippen LogP contribution is 2.14.